The van der Waals surface area contributed by atoms with Crippen molar-refractivity contribution in [2.75, 3.05) is 31.1 Å². The van der Waals surface area contributed by atoms with Crippen LogP contribution in [0, 0.1) is 6.92 Å². The summed E-state index contributed by atoms with van der Waals surface area (Å²) in [6.07, 6.45) is 0.0217. The van der Waals surface area contributed by atoms with Crippen LogP contribution in [0.1, 0.15) is 5.82 Å². The van der Waals surface area contributed by atoms with Crippen LogP contribution in [0.15, 0.2) is 10.9 Å². The van der Waals surface area contributed by atoms with Gasteiger partial charge in [-0.3, -0.25) is 0 Å². The third-order valence-electron chi connectivity index (χ3n) is 3.28. The number of nitrogens with one attached hydrogen (secondary N) is 1. The maximum absolute atomic E-state index is 11.5. The molecule has 102 valence electrons. The second kappa shape index (κ2) is 4.63. The highest BCUT2D eigenvalue weighted by Crippen LogP contribution is 2.16. The van der Waals surface area contributed by atoms with E-state index in [2.05, 4.69) is 20.1 Å². The fraction of sp³-hybridized carbons (Fsp3) is 0.545. The van der Waals surface area contributed by atoms with E-state index in [9.17, 15) is 4.79 Å². The smallest absolute Gasteiger partial charge is 0.349 e. The lowest BCUT2D eigenvalue weighted by Gasteiger charge is -2.33. The minimum absolute atomic E-state index is 0.0217. The number of hydrogen-bond acceptors (Lipinski definition) is 6. The molecular formula is C11H16N6O2. The molecule has 1 atom stereocenters. The molecule has 2 aromatic rings. The molecule has 0 bridgehead atoms. The van der Waals surface area contributed by atoms with E-state index in [-0.39, 0.29) is 11.8 Å². The number of aromatic nitrogens is 4. The number of nitrogens with two attached hydrogens (primary N) is 1. The van der Waals surface area contributed by atoms with Crippen molar-refractivity contribution in [1.29, 1.82) is 0 Å². The van der Waals surface area contributed by atoms with Gasteiger partial charge in [-0.15, -0.1) is 0 Å². The van der Waals surface area contributed by atoms with E-state index in [4.69, 9.17) is 10.5 Å². The number of morpholine rings is 1. The first-order valence-corrected chi connectivity index (χ1v) is 6.20. The van der Waals surface area contributed by atoms with Gasteiger partial charge in [-0.1, -0.05) is 0 Å². The van der Waals surface area contributed by atoms with Gasteiger partial charge >= 0.3 is 5.69 Å². The van der Waals surface area contributed by atoms with Gasteiger partial charge in [-0.25, -0.2) is 19.3 Å². The third-order valence-corrected chi connectivity index (χ3v) is 3.28. The van der Waals surface area contributed by atoms with Crippen LogP contribution in [0.5, 0.6) is 0 Å². The first kappa shape index (κ1) is 12.1. The highest BCUT2D eigenvalue weighted by atomic mass is 16.5. The molecule has 8 nitrogen and oxygen atoms in total. The van der Waals surface area contributed by atoms with Crippen LogP contribution < -0.4 is 16.3 Å². The Labute approximate surface area is 109 Å². The van der Waals surface area contributed by atoms with E-state index in [0.717, 1.165) is 12.4 Å². The van der Waals surface area contributed by atoms with Crippen LogP contribution >= 0.6 is 0 Å². The summed E-state index contributed by atoms with van der Waals surface area (Å²) in [5, 5.41) is 6.40. The van der Waals surface area contributed by atoms with Crippen LogP contribution in [-0.2, 0) is 4.74 Å². The summed E-state index contributed by atoms with van der Waals surface area (Å²) < 4.78 is 6.98. The van der Waals surface area contributed by atoms with Crippen molar-refractivity contribution in [3.05, 3.63) is 22.4 Å². The summed E-state index contributed by atoms with van der Waals surface area (Å²) >= 11 is 0. The molecule has 1 aliphatic heterocycles. The molecule has 1 fully saturated rings. The molecule has 0 radical (unpaired) electrons. The van der Waals surface area contributed by atoms with E-state index in [1.54, 1.807) is 13.0 Å². The Morgan fingerprint density at radius 3 is 3.26 bits per heavy atom. The first-order chi connectivity index (χ1) is 9.19. The zero-order valence-electron chi connectivity index (χ0n) is 10.7. The quantitative estimate of drug-likeness (QED) is 0.713. The normalized spacial score (nSPS) is 20.1. The molecule has 0 amide bonds. The Hall–Kier alpha value is -1.93. The largest absolute Gasteiger partial charge is 0.373 e. The average molecular weight is 264 g/mol. The Morgan fingerprint density at radius 2 is 2.47 bits per heavy atom. The Bertz CT molecular complexity index is 648. The number of hydrogen-bond donors (Lipinski definition) is 2. The molecule has 3 heterocycles. The minimum atomic E-state index is -0.270. The number of aromatic amines is 1. The van der Waals surface area contributed by atoms with Gasteiger partial charge in [0.2, 0.25) is 0 Å². The zero-order chi connectivity index (χ0) is 13.4. The monoisotopic (exact) mass is 264 g/mol. The SMILES string of the molecule is Cc1nc(N2CCOC(CN)C2)cc2n[nH]c(=O)n12. The summed E-state index contributed by atoms with van der Waals surface area (Å²) in [5.74, 6) is 1.41. The number of anilines is 1. The van der Waals surface area contributed by atoms with Gasteiger partial charge in [0.1, 0.15) is 11.6 Å². The van der Waals surface area contributed by atoms with Gasteiger partial charge in [-0.2, -0.15) is 5.10 Å². The number of fused-ring (bicyclic) bond motifs is 1. The molecule has 1 saturated heterocycles. The van der Waals surface area contributed by atoms with Crippen molar-refractivity contribution in [1.82, 2.24) is 19.6 Å². The Morgan fingerprint density at radius 1 is 1.63 bits per heavy atom. The molecule has 19 heavy (non-hydrogen) atoms. The second-order valence-electron chi connectivity index (χ2n) is 4.56. The molecular weight excluding hydrogens is 248 g/mol. The number of H-pyrrole nitrogens is 1. The molecule has 1 unspecified atom stereocenters. The molecule has 3 N–H and O–H groups in total. The summed E-state index contributed by atoms with van der Waals surface area (Å²) in [5.41, 5.74) is 5.93. The minimum Gasteiger partial charge on any atom is -0.373 e. The lowest BCUT2D eigenvalue weighted by atomic mass is 10.2. The molecule has 1 aliphatic rings. The number of ether oxygens (including phenoxy) is 1. The van der Waals surface area contributed by atoms with Gasteiger partial charge < -0.3 is 15.4 Å². The maximum atomic E-state index is 11.5. The van der Waals surface area contributed by atoms with Gasteiger partial charge in [0.05, 0.1) is 12.7 Å². The van der Waals surface area contributed by atoms with Gasteiger partial charge in [0.15, 0.2) is 5.65 Å². The number of nitrogens with zero attached hydrogens (tertiary/aromatic N) is 4. The van der Waals surface area contributed by atoms with E-state index in [0.29, 0.717) is 31.2 Å². The molecule has 2 aromatic heterocycles. The van der Waals surface area contributed by atoms with Crippen molar-refractivity contribution in [2.45, 2.75) is 13.0 Å². The van der Waals surface area contributed by atoms with E-state index < -0.39 is 0 Å². The van der Waals surface area contributed by atoms with Gasteiger partial charge in [0.25, 0.3) is 0 Å². The third kappa shape index (κ3) is 2.08. The standard InChI is InChI=1S/C11H16N6O2/c1-7-13-9(4-10-14-15-11(18)17(7)10)16-2-3-19-8(5-12)6-16/h4,8H,2-3,5-6,12H2,1H3,(H,15,18). The maximum Gasteiger partial charge on any atom is 0.349 e. The van der Waals surface area contributed by atoms with E-state index in [1.807, 2.05) is 0 Å². The fourth-order valence-corrected chi connectivity index (χ4v) is 2.31. The summed E-state index contributed by atoms with van der Waals surface area (Å²) in [6.45, 7) is 4.36. The summed E-state index contributed by atoms with van der Waals surface area (Å²) in [6, 6.07) is 1.80. The van der Waals surface area contributed by atoms with Gasteiger partial charge in [-0.05, 0) is 6.92 Å². The zero-order valence-corrected chi connectivity index (χ0v) is 10.7. The van der Waals surface area contributed by atoms with Crippen molar-refractivity contribution in [3.8, 4) is 0 Å². The van der Waals surface area contributed by atoms with Crippen LogP contribution in [0.3, 0.4) is 0 Å². The lowest BCUT2D eigenvalue weighted by Crippen LogP contribution is -2.46. The first-order valence-electron chi connectivity index (χ1n) is 6.20. The highest BCUT2D eigenvalue weighted by molar-refractivity contribution is 5.51. The predicted octanol–water partition coefficient (Wildman–Crippen LogP) is -1.11. The number of aryl methyl sites for hydroxylation is 1. The summed E-state index contributed by atoms with van der Waals surface area (Å²) in [7, 11) is 0. The van der Waals surface area contributed by atoms with E-state index >= 15 is 0 Å². The lowest BCUT2D eigenvalue weighted by molar-refractivity contribution is 0.0463. The molecule has 0 spiro atoms. The predicted molar refractivity (Wildman–Crippen MR) is 69.4 cm³/mol. The highest BCUT2D eigenvalue weighted by Gasteiger charge is 2.21. The molecule has 3 rings (SSSR count). The molecule has 0 saturated carbocycles. The molecule has 0 aromatic carbocycles. The van der Waals surface area contributed by atoms with Crippen LogP contribution in [0.2, 0.25) is 0 Å². The van der Waals surface area contributed by atoms with Crippen LogP contribution in [-0.4, -0.2) is 51.9 Å². The average Bonchev–Trinajstić information content (AvgIpc) is 2.81. The topological polar surface area (TPSA) is 102 Å². The van der Waals surface area contributed by atoms with Crippen molar-refractivity contribution < 1.29 is 4.74 Å². The van der Waals surface area contributed by atoms with Crippen molar-refractivity contribution in [2.24, 2.45) is 5.73 Å². The van der Waals surface area contributed by atoms with Crippen LogP contribution in [0.4, 0.5) is 5.82 Å². The summed E-state index contributed by atoms with van der Waals surface area (Å²) in [4.78, 5) is 18.1. The number of rotatable bonds is 2. The molecule has 0 aliphatic carbocycles. The van der Waals surface area contributed by atoms with Crippen molar-refractivity contribution in [3.63, 3.8) is 0 Å². The fourth-order valence-electron chi connectivity index (χ4n) is 2.31. The van der Waals surface area contributed by atoms with Gasteiger partial charge in [0, 0.05) is 25.7 Å². The van der Waals surface area contributed by atoms with E-state index in [1.165, 1.54) is 4.40 Å². The van der Waals surface area contributed by atoms with Crippen molar-refractivity contribution >= 4 is 11.5 Å². The van der Waals surface area contributed by atoms with Crippen LogP contribution in [0.25, 0.3) is 5.65 Å². The second-order valence-corrected chi connectivity index (χ2v) is 4.56. The molecule has 8 heteroatoms. The Balaban J connectivity index is 1.98. The Kier molecular flexibility index (Phi) is 2.96.